The molecule has 0 amide bonds. The number of aromatic nitrogens is 4. The average molecular weight is 321 g/mol. The summed E-state index contributed by atoms with van der Waals surface area (Å²) in [6, 6.07) is 8.15. The third-order valence-electron chi connectivity index (χ3n) is 4.19. The van der Waals surface area contributed by atoms with Crippen LogP contribution in [0.25, 0.3) is 5.69 Å². The molecule has 24 heavy (non-hydrogen) atoms. The van der Waals surface area contributed by atoms with Crippen molar-refractivity contribution in [2.45, 2.75) is 19.8 Å². The number of para-hydroxylation sites is 1. The molecule has 0 unspecified atom stereocenters. The lowest BCUT2D eigenvalue weighted by atomic mass is 10.1. The molecule has 0 atom stereocenters. The number of imidazole rings is 1. The molecule has 0 N–H and O–H groups in total. The van der Waals surface area contributed by atoms with Crippen LogP contribution in [-0.4, -0.2) is 32.2 Å². The first-order valence-corrected chi connectivity index (χ1v) is 7.82. The SMILES string of the molecule is CC(C)c1nc(N2CN=C3c4ccccc4-n4cncc4N32)no1. The molecule has 5 rings (SSSR count). The summed E-state index contributed by atoms with van der Waals surface area (Å²) >= 11 is 0. The van der Waals surface area contributed by atoms with Gasteiger partial charge in [-0.3, -0.25) is 4.57 Å². The van der Waals surface area contributed by atoms with Gasteiger partial charge in [0.25, 0.3) is 5.95 Å². The molecule has 0 spiro atoms. The molecule has 0 fully saturated rings. The van der Waals surface area contributed by atoms with E-state index in [1.54, 1.807) is 6.33 Å². The fraction of sp³-hybridized carbons (Fsp3) is 0.250. The van der Waals surface area contributed by atoms with Crippen molar-refractivity contribution in [3.8, 4) is 5.69 Å². The van der Waals surface area contributed by atoms with Crippen molar-refractivity contribution in [3.63, 3.8) is 0 Å². The molecule has 1 aromatic carbocycles. The van der Waals surface area contributed by atoms with Crippen molar-refractivity contribution in [3.05, 3.63) is 48.2 Å². The van der Waals surface area contributed by atoms with Gasteiger partial charge in [-0.1, -0.05) is 26.0 Å². The van der Waals surface area contributed by atoms with E-state index >= 15 is 0 Å². The Labute approximate surface area is 138 Å². The van der Waals surface area contributed by atoms with Crippen LogP contribution in [0, 0.1) is 0 Å². The van der Waals surface area contributed by atoms with Crippen LogP contribution in [0.2, 0.25) is 0 Å². The molecular formula is C16H15N7O. The minimum atomic E-state index is 0.182. The third-order valence-corrected chi connectivity index (χ3v) is 4.19. The highest BCUT2D eigenvalue weighted by Crippen LogP contribution is 2.35. The first-order valence-electron chi connectivity index (χ1n) is 7.82. The van der Waals surface area contributed by atoms with Gasteiger partial charge in [-0.05, 0) is 17.3 Å². The number of amidine groups is 1. The Balaban J connectivity index is 1.64. The summed E-state index contributed by atoms with van der Waals surface area (Å²) in [6.07, 6.45) is 3.62. The first kappa shape index (κ1) is 13.3. The number of hydrazine groups is 1. The monoisotopic (exact) mass is 321 g/mol. The molecule has 2 aliphatic rings. The van der Waals surface area contributed by atoms with Crippen LogP contribution in [0.15, 0.2) is 46.3 Å². The van der Waals surface area contributed by atoms with Crippen LogP contribution in [0.4, 0.5) is 11.8 Å². The van der Waals surface area contributed by atoms with Gasteiger partial charge in [0.15, 0.2) is 11.7 Å². The number of aliphatic imine (C=N–C) groups is 1. The van der Waals surface area contributed by atoms with E-state index in [0.717, 1.165) is 22.9 Å². The third kappa shape index (κ3) is 1.67. The topological polar surface area (TPSA) is 75.6 Å². The average Bonchev–Trinajstić information content (AvgIpc) is 3.32. The molecule has 0 saturated carbocycles. The standard InChI is InChI=1S/C16H15N7O/c1-10(2)15-19-16(20-24-15)22-9-18-14-11-5-3-4-6-12(11)21-8-17-7-13(21)23(14)22/h3-8,10H,9H2,1-2H3. The maximum Gasteiger partial charge on any atom is 0.287 e. The molecule has 8 heteroatoms. The second-order valence-electron chi connectivity index (χ2n) is 6.06. The van der Waals surface area contributed by atoms with Gasteiger partial charge in [0, 0.05) is 11.5 Å². The fourth-order valence-electron chi connectivity index (χ4n) is 3.03. The van der Waals surface area contributed by atoms with Crippen molar-refractivity contribution < 1.29 is 4.52 Å². The predicted octanol–water partition coefficient (Wildman–Crippen LogP) is 2.34. The highest BCUT2D eigenvalue weighted by atomic mass is 16.5. The number of hydrogen-bond acceptors (Lipinski definition) is 7. The molecule has 3 aromatic rings. The van der Waals surface area contributed by atoms with E-state index < -0.39 is 0 Å². The van der Waals surface area contributed by atoms with Crippen LogP contribution in [-0.2, 0) is 0 Å². The largest absolute Gasteiger partial charge is 0.337 e. The predicted molar refractivity (Wildman–Crippen MR) is 88.3 cm³/mol. The van der Waals surface area contributed by atoms with Gasteiger partial charge in [-0.15, -0.1) is 0 Å². The van der Waals surface area contributed by atoms with Gasteiger partial charge in [0.1, 0.15) is 13.0 Å². The zero-order valence-corrected chi connectivity index (χ0v) is 13.3. The zero-order chi connectivity index (χ0) is 16.3. The summed E-state index contributed by atoms with van der Waals surface area (Å²) in [5.74, 6) is 3.08. The Kier molecular flexibility index (Phi) is 2.59. The van der Waals surface area contributed by atoms with E-state index in [4.69, 9.17) is 9.52 Å². The van der Waals surface area contributed by atoms with Gasteiger partial charge >= 0.3 is 0 Å². The molecule has 0 radical (unpaired) electrons. The van der Waals surface area contributed by atoms with Crippen molar-refractivity contribution >= 4 is 17.6 Å². The van der Waals surface area contributed by atoms with E-state index in [1.807, 2.05) is 46.8 Å². The van der Waals surface area contributed by atoms with Gasteiger partial charge < -0.3 is 4.52 Å². The lowest BCUT2D eigenvalue weighted by Gasteiger charge is -2.33. The lowest BCUT2D eigenvalue weighted by molar-refractivity contribution is 0.364. The van der Waals surface area contributed by atoms with E-state index in [-0.39, 0.29) is 5.92 Å². The quantitative estimate of drug-likeness (QED) is 0.721. The van der Waals surface area contributed by atoms with Gasteiger partial charge in [-0.2, -0.15) is 4.98 Å². The number of hydrogen-bond donors (Lipinski definition) is 0. The molecule has 0 aliphatic carbocycles. The second-order valence-corrected chi connectivity index (χ2v) is 6.06. The van der Waals surface area contributed by atoms with E-state index in [1.165, 1.54) is 0 Å². The van der Waals surface area contributed by atoms with Crippen molar-refractivity contribution in [2.24, 2.45) is 4.99 Å². The Morgan fingerprint density at radius 3 is 2.92 bits per heavy atom. The zero-order valence-electron chi connectivity index (χ0n) is 13.3. The van der Waals surface area contributed by atoms with Crippen LogP contribution < -0.4 is 10.0 Å². The lowest BCUT2D eigenvalue weighted by Crippen LogP contribution is -2.46. The van der Waals surface area contributed by atoms with Crippen LogP contribution in [0.1, 0.15) is 31.2 Å². The normalized spacial score (nSPS) is 15.4. The molecule has 0 saturated heterocycles. The maximum atomic E-state index is 5.35. The van der Waals surface area contributed by atoms with E-state index in [2.05, 4.69) is 27.3 Å². The molecule has 2 aromatic heterocycles. The second kappa shape index (κ2) is 4.67. The fourth-order valence-corrected chi connectivity index (χ4v) is 3.03. The number of rotatable bonds is 2. The number of anilines is 2. The van der Waals surface area contributed by atoms with Crippen LogP contribution in [0.5, 0.6) is 0 Å². The summed E-state index contributed by atoms with van der Waals surface area (Å²) in [5.41, 5.74) is 2.12. The highest BCUT2D eigenvalue weighted by Gasteiger charge is 2.38. The van der Waals surface area contributed by atoms with Gasteiger partial charge in [0.05, 0.1) is 11.9 Å². The Morgan fingerprint density at radius 1 is 1.21 bits per heavy atom. The Hall–Kier alpha value is -3.16. The minimum absolute atomic E-state index is 0.182. The summed E-state index contributed by atoms with van der Waals surface area (Å²) in [4.78, 5) is 13.5. The summed E-state index contributed by atoms with van der Waals surface area (Å²) < 4.78 is 7.39. The summed E-state index contributed by atoms with van der Waals surface area (Å²) in [5, 5.41) is 8.01. The van der Waals surface area contributed by atoms with Crippen molar-refractivity contribution in [1.29, 1.82) is 0 Å². The first-order chi connectivity index (χ1) is 11.7. The van der Waals surface area contributed by atoms with Crippen molar-refractivity contribution in [1.82, 2.24) is 19.7 Å². The van der Waals surface area contributed by atoms with Crippen molar-refractivity contribution in [2.75, 3.05) is 16.7 Å². The smallest absolute Gasteiger partial charge is 0.287 e. The Bertz CT molecular complexity index is 955. The minimum Gasteiger partial charge on any atom is -0.337 e. The van der Waals surface area contributed by atoms with E-state index in [0.29, 0.717) is 18.5 Å². The van der Waals surface area contributed by atoms with Gasteiger partial charge in [0.2, 0.25) is 5.89 Å². The number of nitrogens with zero attached hydrogens (tertiary/aromatic N) is 7. The molecule has 4 heterocycles. The maximum absolute atomic E-state index is 5.35. The highest BCUT2D eigenvalue weighted by molar-refractivity contribution is 6.16. The van der Waals surface area contributed by atoms with E-state index in [9.17, 15) is 0 Å². The number of benzene rings is 1. The molecule has 8 nitrogen and oxygen atoms in total. The summed E-state index contributed by atoms with van der Waals surface area (Å²) in [6.45, 7) is 4.48. The molecular weight excluding hydrogens is 306 g/mol. The molecule has 0 bridgehead atoms. The molecule has 2 aliphatic heterocycles. The van der Waals surface area contributed by atoms with Crippen LogP contribution in [0.3, 0.4) is 0 Å². The summed E-state index contributed by atoms with van der Waals surface area (Å²) in [7, 11) is 0. The van der Waals surface area contributed by atoms with Crippen LogP contribution >= 0.6 is 0 Å². The van der Waals surface area contributed by atoms with Gasteiger partial charge in [-0.25, -0.2) is 20.0 Å². The number of fused-ring (bicyclic) bond motifs is 6. The molecule has 120 valence electrons. The Morgan fingerprint density at radius 2 is 2.08 bits per heavy atom.